The average molecular weight is 347 g/mol. The summed E-state index contributed by atoms with van der Waals surface area (Å²) >= 11 is 3.23. The van der Waals surface area contributed by atoms with E-state index in [1.807, 2.05) is 18.3 Å². The van der Waals surface area contributed by atoms with E-state index in [4.69, 9.17) is 11.5 Å². The monoisotopic (exact) mass is 346 g/mol. The fraction of sp³-hybridized carbons (Fsp3) is 0.250. The van der Waals surface area contributed by atoms with Gasteiger partial charge in [-0.15, -0.1) is 0 Å². The van der Waals surface area contributed by atoms with Crippen LogP contribution in [0.1, 0.15) is 31.2 Å². The second kappa shape index (κ2) is 7.78. The van der Waals surface area contributed by atoms with E-state index in [0.29, 0.717) is 11.6 Å². The van der Waals surface area contributed by atoms with Gasteiger partial charge in [-0.25, -0.2) is 9.97 Å². The van der Waals surface area contributed by atoms with Crippen LogP contribution in [0, 0.1) is 0 Å². The quantitative estimate of drug-likeness (QED) is 0.816. The zero-order valence-electron chi connectivity index (χ0n) is 11.8. The Morgan fingerprint density at radius 2 is 1.62 bits per heavy atom. The van der Waals surface area contributed by atoms with E-state index in [-0.39, 0.29) is 0 Å². The maximum atomic E-state index is 5.53. The van der Waals surface area contributed by atoms with E-state index in [9.17, 15) is 0 Å². The minimum atomic E-state index is 0.549. The smallest absolute Gasteiger partial charge is 0.123 e. The van der Waals surface area contributed by atoms with Gasteiger partial charge in [-0.05, 0) is 77.0 Å². The average Bonchev–Trinajstić information content (AvgIpc) is 2.52. The first kappa shape index (κ1) is 15.5. The molecule has 0 spiro atoms. The number of nitrogen functional groups attached to an aromatic ring is 2. The second-order valence-corrected chi connectivity index (χ2v) is 5.76. The highest BCUT2D eigenvalue weighted by Crippen LogP contribution is 2.26. The van der Waals surface area contributed by atoms with E-state index in [2.05, 4.69) is 38.0 Å². The fourth-order valence-electron chi connectivity index (χ4n) is 2.08. The van der Waals surface area contributed by atoms with Crippen molar-refractivity contribution in [2.45, 2.75) is 25.7 Å². The van der Waals surface area contributed by atoms with Crippen molar-refractivity contribution in [2.24, 2.45) is 0 Å². The molecule has 0 fully saturated rings. The largest absolute Gasteiger partial charge is 0.384 e. The van der Waals surface area contributed by atoms with Crippen LogP contribution in [0.25, 0.3) is 5.57 Å². The molecule has 4 nitrogen and oxygen atoms in total. The first-order chi connectivity index (χ1) is 10.1. The van der Waals surface area contributed by atoms with Crippen molar-refractivity contribution in [2.75, 3.05) is 11.5 Å². The summed E-state index contributed by atoms with van der Waals surface area (Å²) in [5.74, 6) is 1.15. The Morgan fingerprint density at radius 1 is 0.905 bits per heavy atom. The van der Waals surface area contributed by atoms with Crippen LogP contribution in [-0.4, -0.2) is 9.97 Å². The van der Waals surface area contributed by atoms with Crippen molar-refractivity contribution < 1.29 is 0 Å². The molecule has 1 aliphatic rings. The third kappa shape index (κ3) is 5.19. The molecule has 0 aromatic carbocycles. The highest BCUT2D eigenvalue weighted by molar-refractivity contribution is 9.10. The Morgan fingerprint density at radius 3 is 2.10 bits per heavy atom. The fourth-order valence-corrected chi connectivity index (χ4v) is 2.32. The summed E-state index contributed by atoms with van der Waals surface area (Å²) in [7, 11) is 0. The molecule has 0 bridgehead atoms. The molecule has 0 amide bonds. The van der Waals surface area contributed by atoms with Crippen LogP contribution in [0.3, 0.4) is 0 Å². The van der Waals surface area contributed by atoms with Crippen LogP contribution >= 0.6 is 15.9 Å². The van der Waals surface area contributed by atoms with Crippen LogP contribution in [0.5, 0.6) is 0 Å². The maximum absolute atomic E-state index is 5.53. The number of allylic oxidation sites excluding steroid dienone is 2. The number of pyridine rings is 2. The minimum absolute atomic E-state index is 0.549. The van der Waals surface area contributed by atoms with Gasteiger partial charge in [0, 0.05) is 16.9 Å². The van der Waals surface area contributed by atoms with Gasteiger partial charge in [-0.3, -0.25) is 0 Å². The van der Waals surface area contributed by atoms with Crippen molar-refractivity contribution in [3.8, 4) is 0 Å². The Hall–Kier alpha value is -1.88. The van der Waals surface area contributed by atoms with E-state index >= 15 is 0 Å². The molecule has 2 aromatic heterocycles. The normalized spacial score (nSPS) is 13.9. The van der Waals surface area contributed by atoms with Gasteiger partial charge in [0.15, 0.2) is 0 Å². The van der Waals surface area contributed by atoms with Crippen LogP contribution in [0.2, 0.25) is 0 Å². The van der Waals surface area contributed by atoms with Gasteiger partial charge in [0.2, 0.25) is 0 Å². The van der Waals surface area contributed by atoms with Gasteiger partial charge < -0.3 is 11.5 Å². The summed E-state index contributed by atoms with van der Waals surface area (Å²) in [5, 5.41) is 0. The molecule has 4 N–H and O–H groups in total. The van der Waals surface area contributed by atoms with E-state index in [0.717, 1.165) is 4.47 Å². The molecule has 0 unspecified atom stereocenters. The molecule has 0 radical (unpaired) electrons. The number of anilines is 2. The van der Waals surface area contributed by atoms with Gasteiger partial charge >= 0.3 is 0 Å². The number of nitrogens with zero attached hydrogens (tertiary/aromatic N) is 2. The van der Waals surface area contributed by atoms with Crippen LogP contribution < -0.4 is 11.5 Å². The van der Waals surface area contributed by atoms with Gasteiger partial charge in [-0.2, -0.15) is 0 Å². The summed E-state index contributed by atoms with van der Waals surface area (Å²) in [6.45, 7) is 0. The molecule has 5 heteroatoms. The highest BCUT2D eigenvalue weighted by atomic mass is 79.9. The Balaban J connectivity index is 0.000000173. The number of rotatable bonds is 1. The molecule has 110 valence electrons. The third-order valence-electron chi connectivity index (χ3n) is 3.20. The molecule has 0 saturated heterocycles. The molecule has 2 heterocycles. The number of aromatic nitrogens is 2. The molecule has 3 rings (SSSR count). The molecule has 0 aliphatic heterocycles. The molecule has 0 atom stereocenters. The zero-order valence-corrected chi connectivity index (χ0v) is 13.4. The lowest BCUT2D eigenvalue weighted by Gasteiger charge is -2.12. The molecule has 1 aliphatic carbocycles. The van der Waals surface area contributed by atoms with Gasteiger partial charge in [0.05, 0.1) is 0 Å². The summed E-state index contributed by atoms with van der Waals surface area (Å²) < 4.78 is 0.951. The van der Waals surface area contributed by atoms with Gasteiger partial charge in [0.1, 0.15) is 11.6 Å². The van der Waals surface area contributed by atoms with Crippen molar-refractivity contribution >= 4 is 33.1 Å². The molecular formula is C16H19BrN4. The summed E-state index contributed by atoms with van der Waals surface area (Å²) in [4.78, 5) is 7.90. The highest BCUT2D eigenvalue weighted by Gasteiger charge is 2.05. The van der Waals surface area contributed by atoms with Crippen molar-refractivity contribution in [1.82, 2.24) is 9.97 Å². The van der Waals surface area contributed by atoms with E-state index < -0.39 is 0 Å². The second-order valence-electron chi connectivity index (χ2n) is 4.85. The SMILES string of the molecule is Nc1ccc(Br)cn1.Nc1ccc(C2=CCCCC2)cn1. The lowest BCUT2D eigenvalue weighted by Crippen LogP contribution is -1.94. The van der Waals surface area contributed by atoms with Gasteiger partial charge in [0.25, 0.3) is 0 Å². The van der Waals surface area contributed by atoms with Gasteiger partial charge in [-0.1, -0.05) is 6.08 Å². The van der Waals surface area contributed by atoms with Crippen LogP contribution in [0.15, 0.2) is 47.2 Å². The van der Waals surface area contributed by atoms with E-state index in [1.54, 1.807) is 12.3 Å². The number of hydrogen-bond acceptors (Lipinski definition) is 4. The molecule has 2 aromatic rings. The van der Waals surface area contributed by atoms with Crippen LogP contribution in [-0.2, 0) is 0 Å². The minimum Gasteiger partial charge on any atom is -0.384 e. The zero-order chi connectivity index (χ0) is 15.1. The van der Waals surface area contributed by atoms with Crippen molar-refractivity contribution in [3.63, 3.8) is 0 Å². The Bertz CT molecular complexity index is 570. The number of nitrogens with two attached hydrogens (primary N) is 2. The third-order valence-corrected chi connectivity index (χ3v) is 3.67. The molecular weight excluding hydrogens is 328 g/mol. The maximum Gasteiger partial charge on any atom is 0.123 e. The number of halogens is 1. The van der Waals surface area contributed by atoms with E-state index in [1.165, 1.54) is 36.8 Å². The summed E-state index contributed by atoms with van der Waals surface area (Å²) in [6.07, 6.45) is 10.9. The summed E-state index contributed by atoms with van der Waals surface area (Å²) in [6, 6.07) is 7.51. The Kier molecular flexibility index (Phi) is 5.75. The predicted molar refractivity (Wildman–Crippen MR) is 91.4 cm³/mol. The van der Waals surface area contributed by atoms with Crippen LogP contribution in [0.4, 0.5) is 11.6 Å². The van der Waals surface area contributed by atoms with Crippen molar-refractivity contribution in [1.29, 1.82) is 0 Å². The number of hydrogen-bond donors (Lipinski definition) is 2. The lowest BCUT2D eigenvalue weighted by atomic mass is 9.95. The lowest BCUT2D eigenvalue weighted by molar-refractivity contribution is 0.742. The topological polar surface area (TPSA) is 77.8 Å². The first-order valence-corrected chi connectivity index (χ1v) is 7.72. The Labute approximate surface area is 133 Å². The standard InChI is InChI=1S/C11H14N2.C5H5BrN2/c12-11-7-6-10(8-13-11)9-4-2-1-3-5-9;6-4-1-2-5(7)8-3-4/h4,6-8H,1-3,5H2,(H2,12,13);1-3H,(H2,7,8). The molecule has 21 heavy (non-hydrogen) atoms. The summed E-state index contributed by atoms with van der Waals surface area (Å²) in [5.41, 5.74) is 13.5. The predicted octanol–water partition coefficient (Wildman–Crippen LogP) is 4.05. The first-order valence-electron chi connectivity index (χ1n) is 6.93. The van der Waals surface area contributed by atoms with Crippen molar-refractivity contribution in [3.05, 3.63) is 52.8 Å². The molecule has 0 saturated carbocycles.